The van der Waals surface area contributed by atoms with Gasteiger partial charge in [0.15, 0.2) is 0 Å². The summed E-state index contributed by atoms with van der Waals surface area (Å²) in [5.41, 5.74) is 5.79. The number of rotatable bonds is 3. The third-order valence-corrected chi connectivity index (χ3v) is 4.34. The summed E-state index contributed by atoms with van der Waals surface area (Å²) in [6.45, 7) is 0. The van der Waals surface area contributed by atoms with Gasteiger partial charge in [-0.05, 0) is 34.1 Å². The van der Waals surface area contributed by atoms with Gasteiger partial charge in [0.2, 0.25) is 0 Å². The molecule has 0 amide bonds. The minimum atomic E-state index is -4.19. The quantitative estimate of drug-likeness (QED) is 0.752. The van der Waals surface area contributed by atoms with E-state index in [1.807, 2.05) is 0 Å². The van der Waals surface area contributed by atoms with Gasteiger partial charge in [-0.15, -0.1) is 0 Å². The van der Waals surface area contributed by atoms with Crippen molar-refractivity contribution in [2.75, 3.05) is 0 Å². The zero-order chi connectivity index (χ0) is 14.9. The first-order chi connectivity index (χ1) is 9.29. The molecule has 1 atom stereocenters. The smallest absolute Gasteiger partial charge is 0.264 e. The molecule has 2 rings (SSSR count). The number of sulfonamides is 1. The van der Waals surface area contributed by atoms with Crippen molar-refractivity contribution in [3.05, 3.63) is 52.3 Å². The van der Waals surface area contributed by atoms with E-state index < -0.39 is 32.7 Å². The monoisotopic (exact) mass is 365 g/mol. The van der Waals surface area contributed by atoms with Crippen LogP contribution >= 0.6 is 15.9 Å². The van der Waals surface area contributed by atoms with Crippen LogP contribution in [0.2, 0.25) is 0 Å². The fourth-order valence-corrected chi connectivity index (χ4v) is 3.08. The highest BCUT2D eigenvalue weighted by atomic mass is 79.9. The van der Waals surface area contributed by atoms with Gasteiger partial charge < -0.3 is 11.1 Å². The predicted molar refractivity (Wildman–Crippen MR) is 72.9 cm³/mol. The molecule has 1 aliphatic heterocycles. The molecule has 0 fully saturated rings. The van der Waals surface area contributed by atoms with Crippen molar-refractivity contribution >= 4 is 26.0 Å². The zero-order valence-corrected chi connectivity index (χ0v) is 12.3. The van der Waals surface area contributed by atoms with E-state index >= 15 is 0 Å². The maximum absolute atomic E-state index is 13.5. The van der Waals surface area contributed by atoms with Crippen LogP contribution in [0.15, 0.2) is 45.5 Å². The molecule has 5 nitrogen and oxygen atoms in total. The number of hydrogen-bond donors (Lipinski definition) is 3. The van der Waals surface area contributed by atoms with Crippen LogP contribution in [0.3, 0.4) is 0 Å². The maximum Gasteiger partial charge on any atom is 0.264 e. The van der Waals surface area contributed by atoms with Crippen LogP contribution in [0.4, 0.5) is 8.78 Å². The van der Waals surface area contributed by atoms with Crippen molar-refractivity contribution in [1.82, 2.24) is 10.0 Å². The summed E-state index contributed by atoms with van der Waals surface area (Å²) in [5.74, 6) is -2.03. The standard InChI is InChI=1S/C11H10BrF2N3O2S/c12-6-3-9(11(15)16-5-6)17-20(18,19)10-2-1-7(13)4-8(10)14/h1-5,11,16-17H,15H2. The Morgan fingerprint density at radius 2 is 2.05 bits per heavy atom. The third-order valence-electron chi connectivity index (χ3n) is 2.46. The van der Waals surface area contributed by atoms with Crippen molar-refractivity contribution in [2.45, 2.75) is 11.1 Å². The summed E-state index contributed by atoms with van der Waals surface area (Å²) in [5, 5.41) is 2.70. The van der Waals surface area contributed by atoms with Crippen molar-refractivity contribution in [1.29, 1.82) is 0 Å². The number of nitrogens with two attached hydrogens (primary N) is 1. The van der Waals surface area contributed by atoms with Crippen LogP contribution in [0.1, 0.15) is 0 Å². The number of allylic oxidation sites excluding steroid dienone is 2. The summed E-state index contributed by atoms with van der Waals surface area (Å²) >= 11 is 3.15. The topological polar surface area (TPSA) is 84.2 Å². The Morgan fingerprint density at radius 3 is 2.70 bits per heavy atom. The molecule has 20 heavy (non-hydrogen) atoms. The van der Waals surface area contributed by atoms with Crippen molar-refractivity contribution in [3.63, 3.8) is 0 Å². The van der Waals surface area contributed by atoms with E-state index in [0.29, 0.717) is 10.5 Å². The highest BCUT2D eigenvalue weighted by Gasteiger charge is 2.23. The number of halogens is 3. The van der Waals surface area contributed by atoms with Gasteiger partial charge >= 0.3 is 0 Å². The molecule has 0 bridgehead atoms. The Labute approximate surface area is 122 Å². The molecule has 108 valence electrons. The summed E-state index contributed by atoms with van der Waals surface area (Å²) in [4.78, 5) is -0.655. The first-order valence-electron chi connectivity index (χ1n) is 5.36. The molecule has 0 radical (unpaired) electrons. The zero-order valence-electron chi connectivity index (χ0n) is 9.90. The average molecular weight is 366 g/mol. The Balaban J connectivity index is 2.34. The van der Waals surface area contributed by atoms with E-state index in [1.165, 1.54) is 6.08 Å². The molecule has 1 aromatic rings. The molecule has 1 unspecified atom stereocenters. The SMILES string of the molecule is NC1NC=C(Br)C=C1NS(=O)(=O)c1ccc(F)cc1F. The van der Waals surface area contributed by atoms with E-state index in [0.717, 1.165) is 12.1 Å². The molecule has 1 aromatic carbocycles. The van der Waals surface area contributed by atoms with Gasteiger partial charge in [0, 0.05) is 16.7 Å². The van der Waals surface area contributed by atoms with Gasteiger partial charge in [-0.2, -0.15) is 0 Å². The number of hydrogen-bond acceptors (Lipinski definition) is 4. The first-order valence-corrected chi connectivity index (χ1v) is 7.64. The summed E-state index contributed by atoms with van der Waals surface area (Å²) < 4.78 is 53.2. The number of benzene rings is 1. The predicted octanol–water partition coefficient (Wildman–Crippen LogP) is 1.25. The molecule has 1 heterocycles. The fraction of sp³-hybridized carbons (Fsp3) is 0.0909. The number of dihydropyridines is 1. The maximum atomic E-state index is 13.5. The second-order valence-electron chi connectivity index (χ2n) is 3.95. The average Bonchev–Trinajstić information content (AvgIpc) is 2.33. The second kappa shape index (κ2) is 5.51. The second-order valence-corrected chi connectivity index (χ2v) is 6.52. The lowest BCUT2D eigenvalue weighted by atomic mass is 10.3. The molecule has 0 spiro atoms. The fourth-order valence-electron chi connectivity index (χ4n) is 1.54. The molecule has 4 N–H and O–H groups in total. The molecular weight excluding hydrogens is 356 g/mol. The van der Waals surface area contributed by atoms with Gasteiger partial charge in [0.05, 0.1) is 5.70 Å². The number of nitrogens with one attached hydrogen (secondary N) is 2. The Morgan fingerprint density at radius 1 is 1.35 bits per heavy atom. The summed E-state index contributed by atoms with van der Waals surface area (Å²) in [6.07, 6.45) is 2.20. The van der Waals surface area contributed by atoms with Gasteiger partial charge in [-0.25, -0.2) is 17.2 Å². The van der Waals surface area contributed by atoms with Gasteiger partial charge in [0.25, 0.3) is 10.0 Å². The van der Waals surface area contributed by atoms with Crippen LogP contribution in [0.25, 0.3) is 0 Å². The van der Waals surface area contributed by atoms with Gasteiger partial charge in [-0.3, -0.25) is 4.72 Å². The Kier molecular flexibility index (Phi) is 4.11. The van der Waals surface area contributed by atoms with Crippen LogP contribution in [0.5, 0.6) is 0 Å². The van der Waals surface area contributed by atoms with Gasteiger partial charge in [0.1, 0.15) is 22.7 Å². The van der Waals surface area contributed by atoms with E-state index in [-0.39, 0.29) is 5.70 Å². The largest absolute Gasteiger partial charge is 0.370 e. The summed E-state index contributed by atoms with van der Waals surface area (Å²) in [7, 11) is -4.19. The Hall–Kier alpha value is -1.45. The van der Waals surface area contributed by atoms with E-state index in [2.05, 4.69) is 26.0 Å². The Bertz CT molecular complexity index is 704. The van der Waals surface area contributed by atoms with Crippen molar-refractivity contribution in [3.8, 4) is 0 Å². The lowest BCUT2D eigenvalue weighted by Crippen LogP contribution is -2.44. The van der Waals surface area contributed by atoms with Crippen LogP contribution in [-0.4, -0.2) is 14.6 Å². The highest BCUT2D eigenvalue weighted by molar-refractivity contribution is 9.11. The van der Waals surface area contributed by atoms with Crippen LogP contribution in [-0.2, 0) is 10.0 Å². The summed E-state index contributed by atoms with van der Waals surface area (Å²) in [6, 6.07) is 2.21. The lowest BCUT2D eigenvalue weighted by molar-refractivity contribution is 0.543. The van der Waals surface area contributed by atoms with E-state index in [9.17, 15) is 17.2 Å². The molecule has 1 aliphatic rings. The normalized spacial score (nSPS) is 18.9. The van der Waals surface area contributed by atoms with E-state index in [4.69, 9.17) is 5.73 Å². The molecule has 0 saturated heterocycles. The molecule has 9 heteroatoms. The van der Waals surface area contributed by atoms with Crippen LogP contribution < -0.4 is 15.8 Å². The molecule has 0 aromatic heterocycles. The minimum absolute atomic E-state index is 0.128. The lowest BCUT2D eigenvalue weighted by Gasteiger charge is -2.21. The molecule has 0 saturated carbocycles. The minimum Gasteiger partial charge on any atom is -0.370 e. The van der Waals surface area contributed by atoms with Gasteiger partial charge in [-0.1, -0.05) is 0 Å². The highest BCUT2D eigenvalue weighted by Crippen LogP contribution is 2.19. The van der Waals surface area contributed by atoms with E-state index in [1.54, 1.807) is 6.20 Å². The third kappa shape index (κ3) is 3.17. The van der Waals surface area contributed by atoms with Crippen LogP contribution in [0, 0.1) is 11.6 Å². The molecular formula is C11H10BrF2N3O2S. The van der Waals surface area contributed by atoms with Crippen molar-refractivity contribution in [2.24, 2.45) is 5.73 Å². The van der Waals surface area contributed by atoms with Crippen molar-refractivity contribution < 1.29 is 17.2 Å². The molecule has 0 aliphatic carbocycles. The first kappa shape index (κ1) is 14.9.